The maximum atomic E-state index is 12.4. The number of fused-ring (bicyclic) bond motifs is 2. The Balaban J connectivity index is 2.32. The first-order valence-electron chi connectivity index (χ1n) is 5.92. The largest absolute Gasteiger partial charge is 0.508 e. The average Bonchev–Trinajstić information content (AvgIpc) is 2.44. The van der Waals surface area contributed by atoms with E-state index in [1.807, 2.05) is 0 Å². The number of benzene rings is 2. The molecule has 0 radical (unpaired) electrons. The molecule has 0 spiro atoms. The molecule has 0 atom stereocenters. The van der Waals surface area contributed by atoms with Crippen molar-refractivity contribution in [1.82, 2.24) is 0 Å². The Hall–Kier alpha value is -2.66. The lowest BCUT2D eigenvalue weighted by Gasteiger charge is -2.19. The molecule has 1 aliphatic carbocycles. The van der Waals surface area contributed by atoms with Crippen LogP contribution in [0.5, 0.6) is 11.5 Å². The van der Waals surface area contributed by atoms with Crippen LogP contribution in [0.25, 0.3) is 0 Å². The van der Waals surface area contributed by atoms with E-state index in [-0.39, 0.29) is 33.6 Å². The van der Waals surface area contributed by atoms with Crippen molar-refractivity contribution in [2.75, 3.05) is 0 Å². The zero-order valence-corrected chi connectivity index (χ0v) is 10.3. The Kier molecular flexibility index (Phi) is 2.59. The van der Waals surface area contributed by atoms with Gasteiger partial charge in [0.15, 0.2) is 11.6 Å². The van der Waals surface area contributed by atoms with Crippen LogP contribution in [-0.2, 0) is 6.61 Å². The highest BCUT2D eigenvalue weighted by Crippen LogP contribution is 2.35. The Morgan fingerprint density at radius 3 is 2.25 bits per heavy atom. The van der Waals surface area contributed by atoms with E-state index in [1.54, 1.807) is 0 Å². The Morgan fingerprint density at radius 1 is 0.850 bits per heavy atom. The fraction of sp³-hybridized carbons (Fsp3) is 0.0667. The number of carbonyl (C=O) groups excluding carboxylic acids is 2. The van der Waals surface area contributed by atoms with E-state index in [4.69, 9.17) is 5.11 Å². The summed E-state index contributed by atoms with van der Waals surface area (Å²) in [7, 11) is 0. The molecule has 1 aliphatic rings. The summed E-state index contributed by atoms with van der Waals surface area (Å²) < 4.78 is 0. The zero-order chi connectivity index (χ0) is 14.4. The number of ketones is 2. The summed E-state index contributed by atoms with van der Waals surface area (Å²) in [6.45, 7) is -0.437. The van der Waals surface area contributed by atoms with Gasteiger partial charge < -0.3 is 15.3 Å². The van der Waals surface area contributed by atoms with E-state index in [9.17, 15) is 19.8 Å². The van der Waals surface area contributed by atoms with Gasteiger partial charge in [0.1, 0.15) is 11.5 Å². The monoisotopic (exact) mass is 270 g/mol. The van der Waals surface area contributed by atoms with Gasteiger partial charge in [0.05, 0.1) is 12.2 Å². The lowest BCUT2D eigenvalue weighted by molar-refractivity contribution is 0.0976. The molecule has 0 heterocycles. The van der Waals surface area contributed by atoms with Crippen molar-refractivity contribution in [3.05, 3.63) is 58.1 Å². The number of aliphatic hydroxyl groups is 1. The molecule has 2 aromatic rings. The van der Waals surface area contributed by atoms with Gasteiger partial charge in [-0.05, 0) is 24.3 Å². The highest BCUT2D eigenvalue weighted by atomic mass is 16.3. The second-order valence-electron chi connectivity index (χ2n) is 4.54. The normalized spacial score (nSPS) is 13.1. The predicted molar refractivity (Wildman–Crippen MR) is 69.0 cm³/mol. The highest BCUT2D eigenvalue weighted by molar-refractivity contribution is 6.29. The van der Waals surface area contributed by atoms with Gasteiger partial charge in [0, 0.05) is 22.3 Å². The first-order valence-corrected chi connectivity index (χ1v) is 5.92. The van der Waals surface area contributed by atoms with Crippen molar-refractivity contribution < 1.29 is 24.9 Å². The molecule has 0 saturated heterocycles. The van der Waals surface area contributed by atoms with Crippen molar-refractivity contribution in [2.45, 2.75) is 6.61 Å². The molecular formula is C15H10O5. The number of hydrogen-bond donors (Lipinski definition) is 3. The minimum atomic E-state index is -0.543. The van der Waals surface area contributed by atoms with Gasteiger partial charge in [-0.15, -0.1) is 0 Å². The quantitative estimate of drug-likeness (QED) is 0.620. The fourth-order valence-electron chi connectivity index (χ4n) is 2.38. The molecule has 100 valence electrons. The Morgan fingerprint density at radius 2 is 1.55 bits per heavy atom. The lowest BCUT2D eigenvalue weighted by atomic mass is 9.82. The standard InChI is InChI=1S/C15H10O5/c16-6-7-1-3-10-12(13(7)18)15(20)11-5-8(17)2-4-9(11)14(10)19/h1-5,16-18H,6H2. The minimum Gasteiger partial charge on any atom is -0.508 e. The summed E-state index contributed by atoms with van der Waals surface area (Å²) in [5, 5.41) is 28.6. The van der Waals surface area contributed by atoms with Crippen molar-refractivity contribution >= 4 is 11.6 Å². The van der Waals surface area contributed by atoms with Crippen LogP contribution in [0.2, 0.25) is 0 Å². The number of aliphatic hydroxyl groups excluding tert-OH is 1. The molecule has 0 aliphatic heterocycles. The fourth-order valence-corrected chi connectivity index (χ4v) is 2.38. The van der Waals surface area contributed by atoms with Crippen molar-refractivity contribution in [3.8, 4) is 11.5 Å². The van der Waals surface area contributed by atoms with Crippen LogP contribution in [0.4, 0.5) is 0 Å². The van der Waals surface area contributed by atoms with Crippen molar-refractivity contribution in [3.63, 3.8) is 0 Å². The van der Waals surface area contributed by atoms with Gasteiger partial charge in [-0.2, -0.15) is 0 Å². The molecule has 3 N–H and O–H groups in total. The van der Waals surface area contributed by atoms with Crippen LogP contribution in [0.15, 0.2) is 30.3 Å². The molecule has 2 aromatic carbocycles. The van der Waals surface area contributed by atoms with Gasteiger partial charge in [0.2, 0.25) is 0 Å². The molecule has 0 unspecified atom stereocenters. The molecule has 5 heteroatoms. The molecule has 0 aromatic heterocycles. The maximum Gasteiger partial charge on any atom is 0.198 e. The number of phenolic OH excluding ortho intramolecular Hbond substituents is 1. The molecule has 0 bridgehead atoms. The van der Waals surface area contributed by atoms with E-state index in [1.165, 1.54) is 30.3 Å². The minimum absolute atomic E-state index is 0.0490. The highest BCUT2D eigenvalue weighted by Gasteiger charge is 2.33. The molecule has 0 saturated carbocycles. The summed E-state index contributed by atoms with van der Waals surface area (Å²) in [5.74, 6) is -1.46. The Labute approximate surface area is 113 Å². The van der Waals surface area contributed by atoms with Crippen LogP contribution < -0.4 is 0 Å². The topological polar surface area (TPSA) is 94.8 Å². The Bertz CT molecular complexity index is 761. The third kappa shape index (κ3) is 1.53. The van der Waals surface area contributed by atoms with E-state index in [0.29, 0.717) is 0 Å². The molecule has 0 amide bonds. The first kappa shape index (κ1) is 12.4. The maximum absolute atomic E-state index is 12.4. The van der Waals surface area contributed by atoms with E-state index >= 15 is 0 Å². The van der Waals surface area contributed by atoms with Crippen LogP contribution in [0, 0.1) is 0 Å². The molecular weight excluding hydrogens is 260 g/mol. The van der Waals surface area contributed by atoms with Gasteiger partial charge in [-0.1, -0.05) is 6.07 Å². The lowest BCUT2D eigenvalue weighted by Crippen LogP contribution is -2.21. The van der Waals surface area contributed by atoms with Crippen molar-refractivity contribution in [1.29, 1.82) is 0 Å². The molecule has 20 heavy (non-hydrogen) atoms. The van der Waals surface area contributed by atoms with Crippen LogP contribution >= 0.6 is 0 Å². The average molecular weight is 270 g/mol. The smallest absolute Gasteiger partial charge is 0.198 e. The van der Waals surface area contributed by atoms with Crippen molar-refractivity contribution in [2.24, 2.45) is 0 Å². The van der Waals surface area contributed by atoms with Gasteiger partial charge >= 0.3 is 0 Å². The third-order valence-electron chi connectivity index (χ3n) is 3.40. The number of hydrogen-bond acceptors (Lipinski definition) is 5. The second-order valence-corrected chi connectivity index (χ2v) is 4.54. The molecule has 0 fully saturated rings. The number of phenols is 2. The molecule has 5 nitrogen and oxygen atoms in total. The summed E-state index contributed by atoms with van der Waals surface area (Å²) in [4.78, 5) is 24.7. The van der Waals surface area contributed by atoms with E-state index < -0.39 is 23.9 Å². The first-order chi connectivity index (χ1) is 9.54. The molecule has 3 rings (SSSR count). The summed E-state index contributed by atoms with van der Waals surface area (Å²) in [5.41, 5.74) is 0.389. The van der Waals surface area contributed by atoms with Crippen LogP contribution in [-0.4, -0.2) is 26.9 Å². The van der Waals surface area contributed by atoms with E-state index in [2.05, 4.69) is 0 Å². The number of carbonyl (C=O) groups is 2. The van der Waals surface area contributed by atoms with E-state index in [0.717, 1.165) is 0 Å². The number of aromatic hydroxyl groups is 2. The summed E-state index contributed by atoms with van der Waals surface area (Å²) in [6.07, 6.45) is 0. The third-order valence-corrected chi connectivity index (χ3v) is 3.40. The SMILES string of the molecule is O=C1c2ccc(O)cc2C(=O)c2c1ccc(CO)c2O. The van der Waals surface area contributed by atoms with Gasteiger partial charge in [-0.3, -0.25) is 9.59 Å². The second kappa shape index (κ2) is 4.18. The zero-order valence-electron chi connectivity index (χ0n) is 10.3. The van der Waals surface area contributed by atoms with Gasteiger partial charge in [0.25, 0.3) is 0 Å². The van der Waals surface area contributed by atoms with Gasteiger partial charge in [-0.25, -0.2) is 0 Å². The van der Waals surface area contributed by atoms with Crippen LogP contribution in [0.1, 0.15) is 37.4 Å². The summed E-state index contributed by atoms with van der Waals surface area (Å²) >= 11 is 0. The summed E-state index contributed by atoms with van der Waals surface area (Å²) in [6, 6.07) is 6.73. The van der Waals surface area contributed by atoms with Crippen LogP contribution in [0.3, 0.4) is 0 Å². The number of rotatable bonds is 1. The predicted octanol–water partition coefficient (Wildman–Crippen LogP) is 1.37.